The third-order valence-corrected chi connectivity index (χ3v) is 2.68. The van der Waals surface area contributed by atoms with Gasteiger partial charge in [-0.25, -0.2) is 4.79 Å². The number of carboxylic acids is 1. The molecule has 0 saturated carbocycles. The fraction of sp³-hybridized carbons (Fsp3) is 0.286. The van der Waals surface area contributed by atoms with Gasteiger partial charge in [-0.3, -0.25) is 9.88 Å². The molecule has 0 aliphatic heterocycles. The summed E-state index contributed by atoms with van der Waals surface area (Å²) in [4.78, 5) is 17.2. The summed E-state index contributed by atoms with van der Waals surface area (Å²) in [5.74, 6) is -0.445. The second-order valence-corrected chi connectivity index (χ2v) is 4.51. The molecular formula is C14H16N2O3. The Morgan fingerprint density at radius 1 is 1.32 bits per heavy atom. The Kier molecular flexibility index (Phi) is 3.97. The molecule has 5 nitrogen and oxygen atoms in total. The van der Waals surface area contributed by atoms with Gasteiger partial charge < -0.3 is 9.52 Å². The molecule has 0 saturated heterocycles. The number of nitrogens with zero attached hydrogens (tertiary/aromatic N) is 2. The van der Waals surface area contributed by atoms with Crippen molar-refractivity contribution in [3.05, 3.63) is 53.2 Å². The molecule has 2 aromatic heterocycles. The number of carboxylic acid groups (broad SMARTS) is 1. The Hall–Kier alpha value is -2.14. The number of aryl methyl sites for hydroxylation is 1. The van der Waals surface area contributed by atoms with Crippen molar-refractivity contribution in [1.82, 2.24) is 9.88 Å². The van der Waals surface area contributed by atoms with Gasteiger partial charge in [0.2, 0.25) is 5.76 Å². The van der Waals surface area contributed by atoms with E-state index in [4.69, 9.17) is 9.52 Å². The Labute approximate surface area is 111 Å². The second-order valence-electron chi connectivity index (χ2n) is 4.51. The number of hydrogen-bond donors (Lipinski definition) is 1. The summed E-state index contributed by atoms with van der Waals surface area (Å²) >= 11 is 0. The maximum atomic E-state index is 10.7. The zero-order valence-electron chi connectivity index (χ0n) is 11.0. The van der Waals surface area contributed by atoms with Gasteiger partial charge >= 0.3 is 5.97 Å². The van der Waals surface area contributed by atoms with E-state index in [9.17, 15) is 4.79 Å². The summed E-state index contributed by atoms with van der Waals surface area (Å²) in [7, 11) is 1.94. The molecule has 0 atom stereocenters. The molecule has 0 radical (unpaired) electrons. The van der Waals surface area contributed by atoms with E-state index in [0.717, 1.165) is 11.4 Å². The van der Waals surface area contributed by atoms with Crippen LogP contribution in [-0.4, -0.2) is 28.0 Å². The van der Waals surface area contributed by atoms with Crippen molar-refractivity contribution in [2.45, 2.75) is 20.0 Å². The number of aromatic nitrogens is 1. The molecule has 100 valence electrons. The predicted molar refractivity (Wildman–Crippen MR) is 69.8 cm³/mol. The lowest BCUT2D eigenvalue weighted by Crippen LogP contribution is -2.17. The van der Waals surface area contributed by atoms with Crippen LogP contribution in [0.2, 0.25) is 0 Å². The average molecular weight is 260 g/mol. The van der Waals surface area contributed by atoms with Crippen molar-refractivity contribution in [1.29, 1.82) is 0 Å². The van der Waals surface area contributed by atoms with Crippen molar-refractivity contribution in [2.75, 3.05) is 7.05 Å². The lowest BCUT2D eigenvalue weighted by atomic mass is 10.3. The fourth-order valence-corrected chi connectivity index (χ4v) is 1.86. The van der Waals surface area contributed by atoms with E-state index in [2.05, 4.69) is 4.98 Å². The molecule has 0 aromatic carbocycles. The van der Waals surface area contributed by atoms with Crippen LogP contribution in [0.15, 0.2) is 34.7 Å². The molecule has 19 heavy (non-hydrogen) atoms. The van der Waals surface area contributed by atoms with Gasteiger partial charge in [0, 0.05) is 12.2 Å². The molecule has 0 amide bonds. The van der Waals surface area contributed by atoms with E-state index in [-0.39, 0.29) is 5.76 Å². The van der Waals surface area contributed by atoms with E-state index < -0.39 is 5.97 Å². The monoisotopic (exact) mass is 260 g/mol. The highest BCUT2D eigenvalue weighted by atomic mass is 16.4. The summed E-state index contributed by atoms with van der Waals surface area (Å²) in [5, 5.41) is 8.78. The quantitative estimate of drug-likeness (QED) is 0.893. The maximum Gasteiger partial charge on any atom is 0.371 e. The first-order valence-corrected chi connectivity index (χ1v) is 5.97. The lowest BCUT2D eigenvalue weighted by Gasteiger charge is -2.14. The van der Waals surface area contributed by atoms with E-state index in [1.165, 1.54) is 6.07 Å². The molecule has 2 heterocycles. The van der Waals surface area contributed by atoms with Gasteiger partial charge in [-0.05, 0) is 38.2 Å². The summed E-state index contributed by atoms with van der Waals surface area (Å²) in [6.07, 6.45) is 0. The zero-order chi connectivity index (χ0) is 13.8. The van der Waals surface area contributed by atoms with E-state index in [0.29, 0.717) is 18.8 Å². The number of hydrogen-bond acceptors (Lipinski definition) is 4. The molecule has 2 rings (SSSR count). The molecular weight excluding hydrogens is 244 g/mol. The van der Waals surface area contributed by atoms with Gasteiger partial charge in [-0.15, -0.1) is 0 Å². The molecule has 1 N–H and O–H groups in total. The van der Waals surface area contributed by atoms with Crippen LogP contribution in [-0.2, 0) is 13.1 Å². The van der Waals surface area contributed by atoms with Gasteiger partial charge in [0.05, 0.1) is 12.2 Å². The zero-order valence-corrected chi connectivity index (χ0v) is 11.0. The van der Waals surface area contributed by atoms with Crippen LogP contribution in [0.1, 0.15) is 27.7 Å². The minimum absolute atomic E-state index is 0.0305. The van der Waals surface area contributed by atoms with Crippen LogP contribution in [0.5, 0.6) is 0 Å². The smallest absolute Gasteiger partial charge is 0.371 e. The van der Waals surface area contributed by atoms with Gasteiger partial charge in [0.25, 0.3) is 0 Å². The predicted octanol–water partition coefficient (Wildman–Crippen LogP) is 2.31. The topological polar surface area (TPSA) is 66.6 Å². The number of carbonyl (C=O) groups is 1. The van der Waals surface area contributed by atoms with Crippen LogP contribution >= 0.6 is 0 Å². The van der Waals surface area contributed by atoms with Crippen LogP contribution in [0, 0.1) is 6.92 Å². The summed E-state index contributed by atoms with van der Waals surface area (Å²) in [6, 6.07) is 9.05. The van der Waals surface area contributed by atoms with Crippen molar-refractivity contribution < 1.29 is 14.3 Å². The van der Waals surface area contributed by atoms with Crippen LogP contribution in [0.3, 0.4) is 0 Å². The summed E-state index contributed by atoms with van der Waals surface area (Å²) < 4.78 is 5.22. The van der Waals surface area contributed by atoms with Crippen molar-refractivity contribution in [3.63, 3.8) is 0 Å². The van der Waals surface area contributed by atoms with Crippen molar-refractivity contribution >= 4 is 5.97 Å². The Morgan fingerprint density at radius 3 is 2.74 bits per heavy atom. The lowest BCUT2D eigenvalue weighted by molar-refractivity contribution is 0.0658. The SMILES string of the molecule is Cc1cccc(CN(C)Cc2ccc(C(=O)O)o2)n1. The van der Waals surface area contributed by atoms with Crippen molar-refractivity contribution in [3.8, 4) is 0 Å². The Morgan fingerprint density at radius 2 is 2.11 bits per heavy atom. The van der Waals surface area contributed by atoms with Crippen LogP contribution in [0.25, 0.3) is 0 Å². The summed E-state index contributed by atoms with van der Waals surface area (Å²) in [5.41, 5.74) is 1.96. The summed E-state index contributed by atoms with van der Waals surface area (Å²) in [6.45, 7) is 3.18. The molecule has 0 fully saturated rings. The van der Waals surface area contributed by atoms with E-state index in [1.807, 2.05) is 37.1 Å². The average Bonchev–Trinajstić information content (AvgIpc) is 2.77. The first kappa shape index (κ1) is 13.3. The molecule has 0 unspecified atom stereocenters. The van der Waals surface area contributed by atoms with Gasteiger partial charge in [0.15, 0.2) is 0 Å². The number of aromatic carboxylic acids is 1. The van der Waals surface area contributed by atoms with Crippen LogP contribution in [0.4, 0.5) is 0 Å². The van der Waals surface area contributed by atoms with Crippen molar-refractivity contribution in [2.24, 2.45) is 0 Å². The first-order valence-electron chi connectivity index (χ1n) is 5.97. The Bertz CT molecular complexity index is 578. The second kappa shape index (κ2) is 5.67. The highest BCUT2D eigenvalue weighted by Gasteiger charge is 2.10. The number of pyridine rings is 1. The molecule has 0 aliphatic rings. The van der Waals surface area contributed by atoms with Crippen LogP contribution < -0.4 is 0 Å². The molecule has 0 aliphatic carbocycles. The van der Waals surface area contributed by atoms with Gasteiger partial charge in [0.1, 0.15) is 5.76 Å². The first-order chi connectivity index (χ1) is 9.04. The standard InChI is InChI=1S/C14H16N2O3/c1-10-4-3-5-11(15-10)8-16(2)9-12-6-7-13(19-12)14(17)18/h3-7H,8-9H2,1-2H3,(H,17,18). The normalized spacial score (nSPS) is 10.9. The third kappa shape index (κ3) is 3.66. The highest BCUT2D eigenvalue weighted by molar-refractivity contribution is 5.84. The third-order valence-electron chi connectivity index (χ3n) is 2.68. The van der Waals surface area contributed by atoms with Gasteiger partial charge in [-0.2, -0.15) is 0 Å². The minimum atomic E-state index is -1.05. The molecule has 2 aromatic rings. The van der Waals surface area contributed by atoms with E-state index in [1.54, 1.807) is 6.07 Å². The molecule has 0 spiro atoms. The fourth-order valence-electron chi connectivity index (χ4n) is 1.86. The number of furan rings is 1. The molecule has 5 heteroatoms. The maximum absolute atomic E-state index is 10.7. The molecule has 0 bridgehead atoms. The van der Waals surface area contributed by atoms with Gasteiger partial charge in [-0.1, -0.05) is 6.07 Å². The van der Waals surface area contributed by atoms with E-state index >= 15 is 0 Å². The number of rotatable bonds is 5. The highest BCUT2D eigenvalue weighted by Crippen LogP contribution is 2.11. The largest absolute Gasteiger partial charge is 0.475 e. The Balaban J connectivity index is 1.97. The minimum Gasteiger partial charge on any atom is -0.475 e.